The lowest BCUT2D eigenvalue weighted by molar-refractivity contribution is -0.139. The lowest BCUT2D eigenvalue weighted by atomic mass is 10.1. The van der Waals surface area contributed by atoms with Crippen LogP contribution in [0.4, 0.5) is 5.69 Å². The van der Waals surface area contributed by atoms with Gasteiger partial charge in [-0.15, -0.1) is 0 Å². The molecule has 3 aromatic carbocycles. The molecule has 10 heteroatoms. The summed E-state index contributed by atoms with van der Waals surface area (Å²) in [6.07, 6.45) is 1.78. The van der Waals surface area contributed by atoms with Crippen molar-refractivity contribution >= 4 is 39.1 Å². The molecule has 0 aliphatic rings. The summed E-state index contributed by atoms with van der Waals surface area (Å²) in [6.45, 7) is 5.47. The molecule has 0 aromatic heterocycles. The van der Waals surface area contributed by atoms with Gasteiger partial charge in [-0.25, -0.2) is 8.42 Å². The van der Waals surface area contributed by atoms with Gasteiger partial charge < -0.3 is 15.0 Å². The van der Waals surface area contributed by atoms with Crippen LogP contribution in [0.25, 0.3) is 0 Å². The van der Waals surface area contributed by atoms with Crippen molar-refractivity contribution in [2.24, 2.45) is 0 Å². The first-order chi connectivity index (χ1) is 19.0. The molecule has 0 unspecified atom stereocenters. The van der Waals surface area contributed by atoms with Gasteiger partial charge >= 0.3 is 0 Å². The van der Waals surface area contributed by atoms with E-state index in [0.29, 0.717) is 23.1 Å². The number of carbonyl (C=O) groups excluding carboxylic acids is 2. The summed E-state index contributed by atoms with van der Waals surface area (Å²) in [6, 6.07) is 22.2. The summed E-state index contributed by atoms with van der Waals surface area (Å²) in [5.74, 6) is -0.272. The minimum Gasteiger partial charge on any atom is -0.489 e. The number of nitrogens with one attached hydrogen (secondary N) is 1. The monoisotopic (exact) mass is 585 g/mol. The van der Waals surface area contributed by atoms with Gasteiger partial charge in [-0.1, -0.05) is 61.0 Å². The molecule has 0 saturated heterocycles. The van der Waals surface area contributed by atoms with Crippen molar-refractivity contribution in [3.63, 3.8) is 0 Å². The van der Waals surface area contributed by atoms with Gasteiger partial charge in [0.05, 0.1) is 11.9 Å². The molecule has 0 heterocycles. The minimum atomic E-state index is -3.84. The summed E-state index contributed by atoms with van der Waals surface area (Å²) in [7, 11) is -3.84. The standard InChI is InChI=1S/C30H36ClN3O5S/c1-5-22(2)32-30(36)23(3)33(19-24-11-13-26(31)14-12-24)29(35)20-34(40(4,37)38)27-15-17-28(18-16-27)39-21-25-9-7-6-8-10-25/h6-18,22-23H,5,19-21H2,1-4H3,(H,32,36)/t22-,23-/m0/s1. The molecule has 2 atom stereocenters. The molecule has 40 heavy (non-hydrogen) atoms. The third-order valence-electron chi connectivity index (χ3n) is 6.49. The van der Waals surface area contributed by atoms with Gasteiger partial charge in [0, 0.05) is 17.6 Å². The van der Waals surface area contributed by atoms with E-state index < -0.39 is 28.5 Å². The Hall–Kier alpha value is -3.56. The number of hydrogen-bond acceptors (Lipinski definition) is 5. The van der Waals surface area contributed by atoms with Crippen molar-refractivity contribution in [2.75, 3.05) is 17.1 Å². The molecule has 0 saturated carbocycles. The van der Waals surface area contributed by atoms with E-state index in [0.717, 1.165) is 28.1 Å². The topological polar surface area (TPSA) is 96.0 Å². The lowest BCUT2D eigenvalue weighted by Crippen LogP contribution is -2.52. The first kappa shape index (κ1) is 31.0. The van der Waals surface area contributed by atoms with Crippen LogP contribution in [0, 0.1) is 0 Å². The molecule has 0 spiro atoms. The fourth-order valence-corrected chi connectivity index (χ4v) is 4.87. The normalized spacial score (nSPS) is 12.7. The van der Waals surface area contributed by atoms with E-state index in [-0.39, 0.29) is 18.5 Å². The fourth-order valence-electron chi connectivity index (χ4n) is 3.90. The Labute approximate surface area is 241 Å². The molecule has 8 nitrogen and oxygen atoms in total. The van der Waals surface area contributed by atoms with Crippen LogP contribution in [0.2, 0.25) is 5.02 Å². The average Bonchev–Trinajstić information content (AvgIpc) is 2.94. The second-order valence-electron chi connectivity index (χ2n) is 9.68. The Balaban J connectivity index is 1.81. The molecule has 0 fully saturated rings. The maximum atomic E-state index is 13.7. The lowest BCUT2D eigenvalue weighted by Gasteiger charge is -2.32. The van der Waals surface area contributed by atoms with Crippen LogP contribution in [-0.2, 0) is 32.8 Å². The Morgan fingerprint density at radius 1 is 0.925 bits per heavy atom. The number of nitrogens with zero attached hydrogens (tertiary/aromatic N) is 2. The maximum Gasteiger partial charge on any atom is 0.244 e. The van der Waals surface area contributed by atoms with Crippen molar-refractivity contribution in [1.82, 2.24) is 10.2 Å². The van der Waals surface area contributed by atoms with E-state index in [1.807, 2.05) is 44.2 Å². The zero-order chi connectivity index (χ0) is 29.3. The number of rotatable bonds is 13. The molecule has 0 bridgehead atoms. The summed E-state index contributed by atoms with van der Waals surface area (Å²) in [4.78, 5) is 28.0. The van der Waals surface area contributed by atoms with Gasteiger partial charge in [0.1, 0.15) is 24.9 Å². The first-order valence-corrected chi connectivity index (χ1v) is 15.3. The second-order valence-corrected chi connectivity index (χ2v) is 12.0. The summed E-state index contributed by atoms with van der Waals surface area (Å²) < 4.78 is 32.4. The van der Waals surface area contributed by atoms with E-state index in [9.17, 15) is 18.0 Å². The molecule has 3 aromatic rings. The number of sulfonamides is 1. The number of benzene rings is 3. The zero-order valence-electron chi connectivity index (χ0n) is 23.2. The Bertz CT molecular complexity index is 1370. The largest absolute Gasteiger partial charge is 0.489 e. The number of carbonyl (C=O) groups is 2. The molecule has 0 aliphatic heterocycles. The molecule has 214 valence electrons. The number of ether oxygens (including phenoxy) is 1. The fraction of sp³-hybridized carbons (Fsp3) is 0.333. The Kier molecular flexibility index (Phi) is 11.0. The van der Waals surface area contributed by atoms with E-state index in [1.165, 1.54) is 4.90 Å². The minimum absolute atomic E-state index is 0.0717. The molecule has 1 N–H and O–H groups in total. The van der Waals surface area contributed by atoms with Crippen LogP contribution in [0.15, 0.2) is 78.9 Å². The summed E-state index contributed by atoms with van der Waals surface area (Å²) in [5.41, 5.74) is 2.07. The predicted molar refractivity (Wildman–Crippen MR) is 159 cm³/mol. The van der Waals surface area contributed by atoms with Crippen LogP contribution in [0.5, 0.6) is 5.75 Å². The van der Waals surface area contributed by atoms with Crippen LogP contribution in [-0.4, -0.2) is 50.0 Å². The van der Waals surface area contributed by atoms with E-state index >= 15 is 0 Å². The highest BCUT2D eigenvalue weighted by atomic mass is 35.5. The van der Waals surface area contributed by atoms with Crippen molar-refractivity contribution in [3.05, 3.63) is 95.0 Å². The third kappa shape index (κ3) is 8.99. The Morgan fingerprint density at radius 2 is 1.55 bits per heavy atom. The quantitative estimate of drug-likeness (QED) is 0.304. The highest BCUT2D eigenvalue weighted by molar-refractivity contribution is 7.92. The molecule has 3 rings (SSSR count). The maximum absolute atomic E-state index is 13.7. The number of halogens is 1. The Morgan fingerprint density at radius 3 is 2.12 bits per heavy atom. The van der Waals surface area contributed by atoms with Gasteiger partial charge in [0.25, 0.3) is 0 Å². The average molecular weight is 586 g/mol. The van der Waals surface area contributed by atoms with Gasteiger partial charge in [-0.05, 0) is 67.8 Å². The van der Waals surface area contributed by atoms with E-state index in [2.05, 4.69) is 5.32 Å². The molecule has 0 aliphatic carbocycles. The van der Waals surface area contributed by atoms with Gasteiger partial charge in [-0.2, -0.15) is 0 Å². The number of hydrogen-bond donors (Lipinski definition) is 1. The van der Waals surface area contributed by atoms with Crippen LogP contribution >= 0.6 is 11.6 Å². The summed E-state index contributed by atoms with van der Waals surface area (Å²) in [5, 5.41) is 3.45. The van der Waals surface area contributed by atoms with Gasteiger partial charge in [-0.3, -0.25) is 13.9 Å². The second kappa shape index (κ2) is 14.2. The van der Waals surface area contributed by atoms with Crippen molar-refractivity contribution in [2.45, 2.75) is 52.4 Å². The van der Waals surface area contributed by atoms with Gasteiger partial charge in [0.2, 0.25) is 21.8 Å². The van der Waals surface area contributed by atoms with Crippen LogP contribution in [0.1, 0.15) is 38.3 Å². The van der Waals surface area contributed by atoms with Crippen molar-refractivity contribution in [1.29, 1.82) is 0 Å². The number of anilines is 1. The molecular formula is C30H36ClN3O5S. The van der Waals surface area contributed by atoms with Crippen LogP contribution in [0.3, 0.4) is 0 Å². The third-order valence-corrected chi connectivity index (χ3v) is 7.88. The molecular weight excluding hydrogens is 550 g/mol. The summed E-state index contributed by atoms with van der Waals surface area (Å²) >= 11 is 6.02. The molecule has 0 radical (unpaired) electrons. The zero-order valence-corrected chi connectivity index (χ0v) is 24.8. The van der Waals surface area contributed by atoms with Gasteiger partial charge in [0.15, 0.2) is 0 Å². The smallest absolute Gasteiger partial charge is 0.244 e. The highest BCUT2D eigenvalue weighted by Crippen LogP contribution is 2.23. The molecule has 2 amide bonds. The van der Waals surface area contributed by atoms with Crippen LogP contribution < -0.4 is 14.4 Å². The highest BCUT2D eigenvalue weighted by Gasteiger charge is 2.30. The number of amides is 2. The van der Waals surface area contributed by atoms with E-state index in [1.54, 1.807) is 55.5 Å². The van der Waals surface area contributed by atoms with Crippen molar-refractivity contribution in [3.8, 4) is 5.75 Å². The van der Waals surface area contributed by atoms with Crippen molar-refractivity contribution < 1.29 is 22.7 Å². The predicted octanol–water partition coefficient (Wildman–Crippen LogP) is 5.02. The first-order valence-electron chi connectivity index (χ1n) is 13.1. The van der Waals surface area contributed by atoms with E-state index in [4.69, 9.17) is 16.3 Å². The SMILES string of the molecule is CC[C@H](C)NC(=O)[C@H](C)N(Cc1ccc(Cl)cc1)C(=O)CN(c1ccc(OCc2ccccc2)cc1)S(C)(=O)=O.